The quantitative estimate of drug-likeness (QED) is 0.720. The van der Waals surface area contributed by atoms with Crippen LogP contribution in [0.5, 0.6) is 0 Å². The van der Waals surface area contributed by atoms with Crippen molar-refractivity contribution in [3.8, 4) is 0 Å². The number of nitrogens with two attached hydrogens (primary N) is 1. The van der Waals surface area contributed by atoms with Crippen LogP contribution in [0, 0.1) is 11.7 Å². The molecule has 4 N–H and O–H groups in total. The summed E-state index contributed by atoms with van der Waals surface area (Å²) in [4.78, 5) is 12.7. The third-order valence-electron chi connectivity index (χ3n) is 3.59. The monoisotopic (exact) mass is 268 g/mol. The van der Waals surface area contributed by atoms with Gasteiger partial charge in [-0.1, -0.05) is 0 Å². The highest BCUT2D eigenvalue weighted by Crippen LogP contribution is 2.32. The Bertz CT molecular complexity index is 505. The SMILES string of the molecule is CC(O)C1CCN(c2cc(F)c(C(=O)O)cc2N)C1. The predicted octanol–water partition coefficient (Wildman–Crippen LogP) is 1.31. The molecule has 1 heterocycles. The number of aliphatic hydroxyl groups is 1. The second-order valence-electron chi connectivity index (χ2n) is 4.93. The van der Waals surface area contributed by atoms with Gasteiger partial charge in [-0.3, -0.25) is 0 Å². The van der Waals surface area contributed by atoms with Crippen molar-refractivity contribution in [2.24, 2.45) is 5.92 Å². The molecular weight excluding hydrogens is 251 g/mol. The van der Waals surface area contributed by atoms with Crippen LogP contribution >= 0.6 is 0 Å². The summed E-state index contributed by atoms with van der Waals surface area (Å²) in [6.07, 6.45) is 0.383. The average molecular weight is 268 g/mol. The molecule has 1 aliphatic heterocycles. The molecule has 5 nitrogen and oxygen atoms in total. The summed E-state index contributed by atoms with van der Waals surface area (Å²) in [6, 6.07) is 2.30. The van der Waals surface area contributed by atoms with E-state index in [1.807, 2.05) is 4.90 Å². The van der Waals surface area contributed by atoms with Gasteiger partial charge in [-0.05, 0) is 19.4 Å². The van der Waals surface area contributed by atoms with E-state index in [-0.39, 0.29) is 11.6 Å². The number of hydrogen-bond acceptors (Lipinski definition) is 4. The number of benzene rings is 1. The third kappa shape index (κ3) is 2.63. The van der Waals surface area contributed by atoms with Gasteiger partial charge in [-0.15, -0.1) is 0 Å². The summed E-state index contributed by atoms with van der Waals surface area (Å²) in [6.45, 7) is 2.99. The molecule has 2 atom stereocenters. The van der Waals surface area contributed by atoms with Gasteiger partial charge in [-0.2, -0.15) is 0 Å². The fraction of sp³-hybridized carbons (Fsp3) is 0.462. The third-order valence-corrected chi connectivity index (χ3v) is 3.59. The van der Waals surface area contributed by atoms with Crippen molar-refractivity contribution in [2.45, 2.75) is 19.4 Å². The lowest BCUT2D eigenvalue weighted by atomic mass is 10.0. The van der Waals surface area contributed by atoms with Crippen LogP contribution in [-0.2, 0) is 0 Å². The first-order valence-electron chi connectivity index (χ1n) is 6.15. The van der Waals surface area contributed by atoms with Crippen molar-refractivity contribution in [2.75, 3.05) is 23.7 Å². The molecule has 6 heteroatoms. The van der Waals surface area contributed by atoms with E-state index in [9.17, 15) is 14.3 Å². The normalized spacial score (nSPS) is 20.6. The average Bonchev–Trinajstić information content (AvgIpc) is 2.80. The summed E-state index contributed by atoms with van der Waals surface area (Å²) in [5.74, 6) is -2.00. The lowest BCUT2D eigenvalue weighted by Gasteiger charge is -2.22. The highest BCUT2D eigenvalue weighted by Gasteiger charge is 2.28. The van der Waals surface area contributed by atoms with E-state index in [1.54, 1.807) is 6.92 Å². The Morgan fingerprint density at radius 3 is 2.79 bits per heavy atom. The van der Waals surface area contributed by atoms with Crippen LogP contribution in [0.2, 0.25) is 0 Å². The number of halogens is 1. The lowest BCUT2D eigenvalue weighted by molar-refractivity contribution is 0.0692. The van der Waals surface area contributed by atoms with Gasteiger partial charge in [0.05, 0.1) is 23.0 Å². The number of aromatic carboxylic acids is 1. The number of carbonyl (C=O) groups is 1. The minimum absolute atomic E-state index is 0.126. The van der Waals surface area contributed by atoms with Gasteiger partial charge < -0.3 is 20.8 Å². The molecule has 0 bridgehead atoms. The van der Waals surface area contributed by atoms with E-state index >= 15 is 0 Å². The van der Waals surface area contributed by atoms with E-state index in [0.29, 0.717) is 18.8 Å². The Kier molecular flexibility index (Phi) is 3.61. The molecule has 1 aromatic rings. The van der Waals surface area contributed by atoms with E-state index in [2.05, 4.69) is 0 Å². The van der Waals surface area contributed by atoms with Gasteiger partial charge in [0.25, 0.3) is 0 Å². The Hall–Kier alpha value is -1.82. The predicted molar refractivity (Wildman–Crippen MR) is 69.8 cm³/mol. The first-order valence-corrected chi connectivity index (χ1v) is 6.15. The Morgan fingerprint density at radius 2 is 2.26 bits per heavy atom. The lowest BCUT2D eigenvalue weighted by Crippen LogP contribution is -2.25. The van der Waals surface area contributed by atoms with Crippen LogP contribution in [-0.4, -0.2) is 35.4 Å². The summed E-state index contributed by atoms with van der Waals surface area (Å²) in [5, 5.41) is 18.4. The van der Waals surface area contributed by atoms with Crippen molar-refractivity contribution in [1.82, 2.24) is 0 Å². The maximum atomic E-state index is 13.7. The molecule has 2 unspecified atom stereocenters. The minimum Gasteiger partial charge on any atom is -0.478 e. The molecule has 1 aromatic carbocycles. The summed E-state index contributed by atoms with van der Waals surface area (Å²) >= 11 is 0. The number of hydrogen-bond donors (Lipinski definition) is 3. The number of carboxylic acids is 1. The first kappa shape index (κ1) is 13.6. The van der Waals surface area contributed by atoms with E-state index in [1.165, 1.54) is 0 Å². The topological polar surface area (TPSA) is 86.8 Å². The maximum absolute atomic E-state index is 13.7. The van der Waals surface area contributed by atoms with Crippen LogP contribution in [0.25, 0.3) is 0 Å². The number of rotatable bonds is 3. The van der Waals surface area contributed by atoms with Crippen LogP contribution in [0.1, 0.15) is 23.7 Å². The van der Waals surface area contributed by atoms with Gasteiger partial charge in [-0.25, -0.2) is 9.18 Å². The molecule has 2 rings (SSSR count). The number of nitrogen functional groups attached to an aromatic ring is 1. The van der Waals surface area contributed by atoms with Crippen molar-refractivity contribution in [1.29, 1.82) is 0 Å². The molecule has 0 radical (unpaired) electrons. The highest BCUT2D eigenvalue weighted by atomic mass is 19.1. The smallest absolute Gasteiger partial charge is 0.338 e. The number of nitrogens with zero attached hydrogens (tertiary/aromatic N) is 1. The Morgan fingerprint density at radius 1 is 1.58 bits per heavy atom. The zero-order chi connectivity index (χ0) is 14.2. The second kappa shape index (κ2) is 5.05. The molecule has 0 aromatic heterocycles. The highest BCUT2D eigenvalue weighted by molar-refractivity contribution is 5.91. The summed E-state index contributed by atoms with van der Waals surface area (Å²) < 4.78 is 13.7. The summed E-state index contributed by atoms with van der Waals surface area (Å²) in [7, 11) is 0. The fourth-order valence-corrected chi connectivity index (χ4v) is 2.42. The molecule has 0 saturated carbocycles. The molecule has 1 aliphatic rings. The van der Waals surface area contributed by atoms with Gasteiger partial charge in [0.2, 0.25) is 0 Å². The largest absolute Gasteiger partial charge is 0.478 e. The zero-order valence-corrected chi connectivity index (χ0v) is 10.6. The zero-order valence-electron chi connectivity index (χ0n) is 10.6. The van der Waals surface area contributed by atoms with E-state index < -0.39 is 23.5 Å². The molecule has 104 valence electrons. The molecule has 0 spiro atoms. The second-order valence-corrected chi connectivity index (χ2v) is 4.93. The van der Waals surface area contributed by atoms with Crippen molar-refractivity contribution in [3.63, 3.8) is 0 Å². The van der Waals surface area contributed by atoms with Gasteiger partial charge in [0.15, 0.2) is 0 Å². The molecular formula is C13H17FN2O3. The van der Waals surface area contributed by atoms with Crippen molar-refractivity contribution >= 4 is 17.3 Å². The fourth-order valence-electron chi connectivity index (χ4n) is 2.42. The van der Waals surface area contributed by atoms with Crippen LogP contribution in [0.3, 0.4) is 0 Å². The Labute approximate surface area is 110 Å². The Balaban J connectivity index is 2.27. The van der Waals surface area contributed by atoms with E-state index in [4.69, 9.17) is 10.8 Å². The minimum atomic E-state index is -1.33. The first-order chi connectivity index (χ1) is 8.90. The molecule has 1 fully saturated rings. The summed E-state index contributed by atoms with van der Waals surface area (Å²) in [5.41, 5.74) is 6.10. The molecule has 0 amide bonds. The molecule has 1 saturated heterocycles. The molecule has 0 aliphatic carbocycles. The van der Waals surface area contributed by atoms with Gasteiger partial charge in [0, 0.05) is 25.1 Å². The number of carboxylic acid groups (broad SMARTS) is 1. The van der Waals surface area contributed by atoms with Gasteiger partial charge >= 0.3 is 5.97 Å². The number of aliphatic hydroxyl groups excluding tert-OH is 1. The van der Waals surface area contributed by atoms with Crippen LogP contribution < -0.4 is 10.6 Å². The maximum Gasteiger partial charge on any atom is 0.338 e. The van der Waals surface area contributed by atoms with Crippen molar-refractivity contribution in [3.05, 3.63) is 23.5 Å². The van der Waals surface area contributed by atoms with Crippen molar-refractivity contribution < 1.29 is 19.4 Å². The van der Waals surface area contributed by atoms with Gasteiger partial charge in [0.1, 0.15) is 5.82 Å². The van der Waals surface area contributed by atoms with Crippen LogP contribution in [0.4, 0.5) is 15.8 Å². The standard InChI is InChI=1S/C13H17FN2O3/c1-7(17)8-2-3-16(6-8)12-5-10(14)9(13(18)19)4-11(12)15/h4-5,7-8,17H,2-3,6,15H2,1H3,(H,18,19). The number of anilines is 2. The van der Waals surface area contributed by atoms with E-state index in [0.717, 1.165) is 18.6 Å². The van der Waals surface area contributed by atoms with Crippen LogP contribution in [0.15, 0.2) is 12.1 Å². The molecule has 19 heavy (non-hydrogen) atoms.